The lowest BCUT2D eigenvalue weighted by atomic mass is 10.2. The number of thioether (sulfide) groups is 1. The van der Waals surface area contributed by atoms with Gasteiger partial charge in [-0.1, -0.05) is 24.0 Å². The first kappa shape index (κ1) is 27.7. The summed E-state index contributed by atoms with van der Waals surface area (Å²) in [4.78, 5) is 25.6. The number of amides is 2. The van der Waals surface area contributed by atoms with Gasteiger partial charge in [-0.2, -0.15) is 5.01 Å². The van der Waals surface area contributed by atoms with E-state index in [0.717, 1.165) is 20.3 Å². The Morgan fingerprint density at radius 1 is 1.11 bits per heavy atom. The van der Waals surface area contributed by atoms with Gasteiger partial charge in [0, 0.05) is 27.0 Å². The van der Waals surface area contributed by atoms with Gasteiger partial charge in [0.15, 0.2) is 20.8 Å². The van der Waals surface area contributed by atoms with E-state index >= 15 is 0 Å². The van der Waals surface area contributed by atoms with Gasteiger partial charge < -0.3 is 24.6 Å². The molecular weight excluding hydrogens is 740 g/mol. The highest BCUT2D eigenvalue weighted by Crippen LogP contribution is 2.40. The molecule has 14 heteroatoms. The molecule has 1 aliphatic heterocycles. The van der Waals surface area contributed by atoms with Crippen molar-refractivity contribution in [2.45, 2.75) is 0 Å². The number of halogens is 2. The molecule has 3 rings (SSSR count). The minimum absolute atomic E-state index is 0.0597. The van der Waals surface area contributed by atoms with E-state index in [1.54, 1.807) is 24.3 Å². The van der Waals surface area contributed by atoms with Crippen LogP contribution in [-0.2, 0) is 9.59 Å². The Kier molecular flexibility index (Phi) is 9.41. The number of anilines is 1. The fourth-order valence-corrected chi connectivity index (χ4v) is 6.10. The fraction of sp³-hybridized carbons (Fsp3) is 0.143. The van der Waals surface area contributed by atoms with Gasteiger partial charge >= 0.3 is 0 Å². The molecular formula is C21H17I2N3O6S3. The second kappa shape index (κ2) is 11.9. The summed E-state index contributed by atoms with van der Waals surface area (Å²) in [6.07, 6.45) is 1.54. The Balaban J connectivity index is 1.75. The normalized spacial score (nSPS) is 14.2. The Morgan fingerprint density at radius 3 is 2.31 bits per heavy atom. The second-order valence-electron chi connectivity index (χ2n) is 6.65. The van der Waals surface area contributed by atoms with Crippen LogP contribution >= 0.6 is 81.4 Å². The average Bonchev–Trinajstić information content (AvgIpc) is 3.08. The van der Waals surface area contributed by atoms with Crippen LogP contribution in [0.3, 0.4) is 0 Å². The predicted molar refractivity (Wildman–Crippen MR) is 159 cm³/mol. The fourth-order valence-electron chi connectivity index (χ4n) is 2.89. The van der Waals surface area contributed by atoms with Crippen molar-refractivity contribution in [3.05, 3.63) is 41.9 Å². The SMILES string of the molecule is COc1cc(NC(=O)C(=S)NN2C(=O)/C(=C\c3cc(I)cc(I)c3O)SC2=S)cc(OC)c1OC. The minimum atomic E-state index is -0.683. The van der Waals surface area contributed by atoms with Crippen LogP contribution in [0, 0.1) is 7.14 Å². The van der Waals surface area contributed by atoms with Crippen LogP contribution in [-0.4, -0.2) is 52.6 Å². The molecule has 2 aromatic rings. The summed E-state index contributed by atoms with van der Waals surface area (Å²) in [6.45, 7) is 0. The van der Waals surface area contributed by atoms with Gasteiger partial charge in [-0.3, -0.25) is 15.0 Å². The standard InChI is InChI=1S/C21H17I2N3O6S3/c1-30-13-7-11(8-14(31-2)17(13)32-3)24-18(28)19(33)25-26-20(29)15(35-21(26)34)5-9-4-10(22)6-12(23)16(9)27/h4-8,27H,1-3H3,(H,24,28)(H,25,33)/b15-5+. The lowest BCUT2D eigenvalue weighted by Gasteiger charge is -2.18. The molecule has 1 saturated heterocycles. The van der Waals surface area contributed by atoms with E-state index in [2.05, 4.69) is 33.3 Å². The first-order valence-electron chi connectivity index (χ1n) is 9.47. The molecule has 3 N–H and O–H groups in total. The molecule has 1 fully saturated rings. The summed E-state index contributed by atoms with van der Waals surface area (Å²) < 4.78 is 17.5. The van der Waals surface area contributed by atoms with E-state index in [1.165, 1.54) is 21.3 Å². The Morgan fingerprint density at radius 2 is 1.74 bits per heavy atom. The summed E-state index contributed by atoms with van der Waals surface area (Å²) in [5.74, 6) is -0.0714. The zero-order valence-corrected chi connectivity index (χ0v) is 25.1. The van der Waals surface area contributed by atoms with Crippen molar-refractivity contribution in [3.63, 3.8) is 0 Å². The Labute approximate surface area is 243 Å². The largest absolute Gasteiger partial charge is 0.506 e. The third kappa shape index (κ3) is 6.28. The maximum absolute atomic E-state index is 12.9. The van der Waals surface area contributed by atoms with Crippen LogP contribution in [0.15, 0.2) is 29.2 Å². The van der Waals surface area contributed by atoms with E-state index in [1.807, 2.05) is 28.7 Å². The van der Waals surface area contributed by atoms with Gasteiger partial charge in [-0.15, -0.1) is 0 Å². The molecule has 0 aromatic heterocycles. The van der Waals surface area contributed by atoms with Crippen molar-refractivity contribution in [3.8, 4) is 23.0 Å². The number of phenols is 1. The molecule has 0 unspecified atom stereocenters. The molecule has 0 saturated carbocycles. The smallest absolute Gasteiger partial charge is 0.285 e. The zero-order chi connectivity index (χ0) is 25.9. The Bertz CT molecular complexity index is 1250. The average molecular weight is 757 g/mol. The molecule has 0 spiro atoms. The number of rotatable bonds is 6. The van der Waals surface area contributed by atoms with E-state index in [0.29, 0.717) is 32.1 Å². The number of aromatic hydroxyl groups is 1. The number of phenolic OH excluding ortho intramolecular Hbond substituents is 1. The quantitative estimate of drug-likeness (QED) is 0.225. The summed E-state index contributed by atoms with van der Waals surface area (Å²) in [7, 11) is 4.37. The number of benzene rings is 2. The molecule has 0 aliphatic carbocycles. The van der Waals surface area contributed by atoms with Crippen LogP contribution in [0.1, 0.15) is 5.56 Å². The van der Waals surface area contributed by atoms with Crippen molar-refractivity contribution >= 4 is 114 Å². The zero-order valence-electron chi connectivity index (χ0n) is 18.3. The molecule has 9 nitrogen and oxygen atoms in total. The molecule has 2 amide bonds. The van der Waals surface area contributed by atoms with Crippen LogP contribution in [0.2, 0.25) is 0 Å². The van der Waals surface area contributed by atoms with Crippen molar-refractivity contribution < 1.29 is 28.9 Å². The number of hydrogen-bond acceptors (Lipinski definition) is 9. The monoisotopic (exact) mass is 757 g/mol. The maximum atomic E-state index is 12.9. The summed E-state index contributed by atoms with van der Waals surface area (Å²) in [5, 5.41) is 14.0. The van der Waals surface area contributed by atoms with E-state index in [9.17, 15) is 14.7 Å². The molecule has 2 aromatic carbocycles. The topological polar surface area (TPSA) is 109 Å². The predicted octanol–water partition coefficient (Wildman–Crippen LogP) is 4.30. The Hall–Kier alpha value is -1.89. The lowest BCUT2D eigenvalue weighted by molar-refractivity contribution is -0.123. The third-order valence-electron chi connectivity index (χ3n) is 4.48. The van der Waals surface area contributed by atoms with Gasteiger partial charge in [0.05, 0.1) is 29.8 Å². The van der Waals surface area contributed by atoms with Gasteiger partial charge in [0.25, 0.3) is 11.8 Å². The number of ether oxygens (including phenoxy) is 3. The van der Waals surface area contributed by atoms with Gasteiger partial charge in [-0.05, 0) is 75.6 Å². The van der Waals surface area contributed by atoms with Gasteiger partial charge in [0.1, 0.15) is 5.75 Å². The van der Waals surface area contributed by atoms with Gasteiger partial charge in [-0.25, -0.2) is 0 Å². The number of carbonyl (C=O) groups excluding carboxylic acids is 2. The first-order chi connectivity index (χ1) is 16.6. The highest BCUT2D eigenvalue weighted by molar-refractivity contribution is 14.1. The molecule has 35 heavy (non-hydrogen) atoms. The van der Waals surface area contributed by atoms with E-state index in [-0.39, 0.29) is 20.0 Å². The van der Waals surface area contributed by atoms with Crippen LogP contribution in [0.4, 0.5) is 5.69 Å². The molecule has 0 radical (unpaired) electrons. The first-order valence-corrected chi connectivity index (χ1v) is 13.3. The van der Waals surface area contributed by atoms with Crippen LogP contribution < -0.4 is 25.0 Å². The maximum Gasteiger partial charge on any atom is 0.285 e. The minimum Gasteiger partial charge on any atom is -0.506 e. The number of methoxy groups -OCH3 is 3. The number of nitrogens with zero attached hydrogens (tertiary/aromatic N) is 1. The molecule has 1 aliphatic rings. The van der Waals surface area contributed by atoms with E-state index < -0.39 is 11.8 Å². The lowest BCUT2D eigenvalue weighted by Crippen LogP contribution is -2.48. The van der Waals surface area contributed by atoms with Crippen LogP contribution in [0.25, 0.3) is 6.08 Å². The summed E-state index contributed by atoms with van der Waals surface area (Å²) >= 11 is 15.6. The summed E-state index contributed by atoms with van der Waals surface area (Å²) in [6, 6.07) is 6.64. The van der Waals surface area contributed by atoms with Gasteiger partial charge in [0.2, 0.25) is 5.75 Å². The molecule has 1 heterocycles. The van der Waals surface area contributed by atoms with Crippen molar-refractivity contribution in [1.82, 2.24) is 10.4 Å². The molecule has 0 bridgehead atoms. The van der Waals surface area contributed by atoms with Crippen molar-refractivity contribution in [2.24, 2.45) is 0 Å². The van der Waals surface area contributed by atoms with Crippen molar-refractivity contribution in [2.75, 3.05) is 26.6 Å². The highest BCUT2D eigenvalue weighted by atomic mass is 127. The van der Waals surface area contributed by atoms with Crippen molar-refractivity contribution in [1.29, 1.82) is 0 Å². The number of carbonyl (C=O) groups is 2. The van der Waals surface area contributed by atoms with Crippen LogP contribution in [0.5, 0.6) is 23.0 Å². The second-order valence-corrected chi connectivity index (χ2v) is 11.1. The number of hydrogen-bond donors (Lipinski definition) is 3. The van der Waals surface area contributed by atoms with E-state index in [4.69, 9.17) is 38.6 Å². The molecule has 0 atom stereocenters. The summed E-state index contributed by atoms with van der Waals surface area (Å²) in [5.41, 5.74) is 3.39. The highest BCUT2D eigenvalue weighted by Gasteiger charge is 2.34. The molecule has 184 valence electrons. The number of thiocarbonyl (C=S) groups is 2. The number of nitrogens with one attached hydrogen (secondary N) is 2. The third-order valence-corrected chi connectivity index (χ3v) is 7.50. The number of hydrazine groups is 1.